The maximum absolute atomic E-state index is 12.9. The molecule has 1 atom stereocenters. The van der Waals surface area contributed by atoms with Gasteiger partial charge in [0, 0.05) is 80.0 Å². The number of nitrogens with one attached hydrogen (secondary N) is 2. The maximum atomic E-state index is 12.9. The average Bonchev–Trinajstić information content (AvgIpc) is 3.45. The SMILES string of the molecule is COc1cc(C)c2[nH]ccc2c1CN1CCC2(CC(C#N)C2)C[C@H]1c1ccc(C(=O)NCCN2CC(OC)C2)cc1. The van der Waals surface area contributed by atoms with Crippen molar-refractivity contribution in [1.82, 2.24) is 20.1 Å². The van der Waals surface area contributed by atoms with Crippen LogP contribution in [0.5, 0.6) is 5.75 Å². The molecule has 41 heavy (non-hydrogen) atoms. The van der Waals surface area contributed by atoms with Crippen molar-refractivity contribution in [3.63, 3.8) is 0 Å². The summed E-state index contributed by atoms with van der Waals surface area (Å²) in [5.41, 5.74) is 5.68. The summed E-state index contributed by atoms with van der Waals surface area (Å²) in [6, 6.07) is 15.2. The Morgan fingerprint density at radius 2 is 1.95 bits per heavy atom. The second-order valence-corrected chi connectivity index (χ2v) is 12.3. The Morgan fingerprint density at radius 1 is 1.17 bits per heavy atom. The van der Waals surface area contributed by atoms with E-state index in [1.807, 2.05) is 18.3 Å². The monoisotopic (exact) mass is 555 g/mol. The Kier molecular flexibility index (Phi) is 7.78. The zero-order chi connectivity index (χ0) is 28.6. The van der Waals surface area contributed by atoms with Gasteiger partial charge in [-0.25, -0.2) is 0 Å². The lowest BCUT2D eigenvalue weighted by molar-refractivity contribution is -0.0298. The standard InChI is InChI=1S/C33H41N5O3/c1-22-14-30(41-3)28(27-8-10-35-31(22)27)21-38-12-9-33(15-23(16-33)18-34)17-29(38)24-4-6-25(7-5-24)32(39)36-11-13-37-19-26(20-37)40-2/h4-8,10,14,23,26,29,35H,9,11-13,15-17,19-21H2,1-3H3,(H,36,39)/t23?,29-,33?/m0/s1. The van der Waals surface area contributed by atoms with E-state index in [1.165, 1.54) is 22.1 Å². The quantitative estimate of drug-likeness (QED) is 0.394. The molecule has 1 aliphatic carbocycles. The van der Waals surface area contributed by atoms with Crippen molar-refractivity contribution in [1.29, 1.82) is 5.26 Å². The van der Waals surface area contributed by atoms with E-state index in [4.69, 9.17) is 9.47 Å². The first-order valence-corrected chi connectivity index (χ1v) is 14.8. The van der Waals surface area contributed by atoms with E-state index >= 15 is 0 Å². The van der Waals surface area contributed by atoms with Crippen molar-refractivity contribution >= 4 is 16.8 Å². The van der Waals surface area contributed by atoms with E-state index in [-0.39, 0.29) is 23.3 Å². The van der Waals surface area contributed by atoms with E-state index in [1.54, 1.807) is 14.2 Å². The largest absolute Gasteiger partial charge is 0.496 e. The van der Waals surface area contributed by atoms with Crippen molar-refractivity contribution in [3.8, 4) is 11.8 Å². The van der Waals surface area contributed by atoms with E-state index in [2.05, 4.69) is 57.4 Å². The van der Waals surface area contributed by atoms with Crippen LogP contribution in [-0.2, 0) is 11.3 Å². The Bertz CT molecular complexity index is 1430. The Balaban J connectivity index is 1.19. The van der Waals surface area contributed by atoms with Gasteiger partial charge in [-0.2, -0.15) is 5.26 Å². The van der Waals surface area contributed by atoms with Gasteiger partial charge in [0.15, 0.2) is 0 Å². The summed E-state index contributed by atoms with van der Waals surface area (Å²) in [7, 11) is 3.49. The lowest BCUT2D eigenvalue weighted by Gasteiger charge is -2.53. The van der Waals surface area contributed by atoms with E-state index < -0.39 is 0 Å². The van der Waals surface area contributed by atoms with Crippen LogP contribution in [0, 0.1) is 29.6 Å². The summed E-state index contributed by atoms with van der Waals surface area (Å²) in [5.74, 6) is 1.07. The number of carbonyl (C=O) groups excluding carboxylic acids is 1. The molecule has 2 N–H and O–H groups in total. The van der Waals surface area contributed by atoms with Crippen LogP contribution in [0.25, 0.3) is 10.9 Å². The lowest BCUT2D eigenvalue weighted by Crippen LogP contribution is -2.53. The molecule has 0 radical (unpaired) electrons. The number of hydrogen-bond donors (Lipinski definition) is 2. The molecule has 0 bridgehead atoms. The van der Waals surface area contributed by atoms with Crippen molar-refractivity contribution in [2.24, 2.45) is 11.3 Å². The number of aromatic nitrogens is 1. The molecule has 0 unspecified atom stereocenters. The molecule has 1 amide bonds. The third-order valence-electron chi connectivity index (χ3n) is 9.76. The summed E-state index contributed by atoms with van der Waals surface area (Å²) >= 11 is 0. The fourth-order valence-electron chi connectivity index (χ4n) is 7.27. The summed E-state index contributed by atoms with van der Waals surface area (Å²) < 4.78 is 11.2. The Labute approximate surface area is 242 Å². The summed E-state index contributed by atoms with van der Waals surface area (Å²) in [6.07, 6.45) is 6.44. The van der Waals surface area contributed by atoms with Gasteiger partial charge in [0.1, 0.15) is 5.75 Å². The summed E-state index contributed by atoms with van der Waals surface area (Å²) in [4.78, 5) is 21.1. The predicted octanol–water partition coefficient (Wildman–Crippen LogP) is 4.80. The maximum Gasteiger partial charge on any atom is 0.251 e. The molecule has 1 spiro atoms. The van der Waals surface area contributed by atoms with Crippen molar-refractivity contribution in [2.75, 3.05) is 46.9 Å². The van der Waals surface area contributed by atoms with E-state index in [0.717, 1.165) is 69.7 Å². The number of piperidine rings is 1. The van der Waals surface area contributed by atoms with Crippen LogP contribution in [-0.4, -0.2) is 73.7 Å². The second kappa shape index (κ2) is 11.5. The van der Waals surface area contributed by atoms with Crippen molar-refractivity contribution < 1.29 is 14.3 Å². The first-order valence-electron chi connectivity index (χ1n) is 14.8. The normalized spacial score (nSPS) is 25.0. The number of H-pyrrole nitrogens is 1. The molecule has 216 valence electrons. The summed E-state index contributed by atoms with van der Waals surface area (Å²) in [6.45, 7) is 7.18. The highest BCUT2D eigenvalue weighted by Crippen LogP contribution is 2.56. The molecule has 1 aromatic heterocycles. The minimum atomic E-state index is -0.0348. The molecule has 2 aliphatic heterocycles. The fraction of sp³-hybridized carbons (Fsp3) is 0.515. The third kappa shape index (κ3) is 5.46. The van der Waals surface area contributed by atoms with Crippen molar-refractivity contribution in [3.05, 3.63) is 64.8 Å². The van der Waals surface area contributed by atoms with Gasteiger partial charge in [-0.1, -0.05) is 12.1 Å². The first-order chi connectivity index (χ1) is 19.9. The minimum Gasteiger partial charge on any atom is -0.496 e. The molecule has 2 aromatic carbocycles. The molecule has 3 aliphatic rings. The van der Waals surface area contributed by atoms with Crippen LogP contribution in [0.15, 0.2) is 42.6 Å². The van der Waals surface area contributed by atoms with Crippen molar-refractivity contribution in [2.45, 2.75) is 51.3 Å². The number of aromatic amines is 1. The van der Waals surface area contributed by atoms with Crippen LogP contribution in [0.3, 0.4) is 0 Å². The number of amides is 1. The zero-order valence-electron chi connectivity index (χ0n) is 24.4. The van der Waals surface area contributed by atoms with Gasteiger partial charge in [-0.3, -0.25) is 14.6 Å². The molecule has 2 saturated heterocycles. The number of fused-ring (bicyclic) bond motifs is 1. The second-order valence-electron chi connectivity index (χ2n) is 12.3. The van der Waals surface area contributed by atoms with E-state index in [0.29, 0.717) is 18.2 Å². The topological polar surface area (TPSA) is 93.6 Å². The highest BCUT2D eigenvalue weighted by Gasteiger charge is 2.49. The number of nitrogens with zero attached hydrogens (tertiary/aromatic N) is 3. The number of ether oxygens (including phenoxy) is 2. The molecular formula is C33H41N5O3. The van der Waals surface area contributed by atoms with E-state index in [9.17, 15) is 10.1 Å². The van der Waals surface area contributed by atoms with Gasteiger partial charge in [0.25, 0.3) is 5.91 Å². The zero-order valence-corrected chi connectivity index (χ0v) is 24.4. The highest BCUT2D eigenvalue weighted by molar-refractivity contribution is 5.94. The molecular weight excluding hydrogens is 514 g/mol. The van der Waals surface area contributed by atoms with Gasteiger partial charge in [0.2, 0.25) is 0 Å². The predicted molar refractivity (Wildman–Crippen MR) is 159 cm³/mol. The number of likely N-dealkylation sites (tertiary alicyclic amines) is 2. The molecule has 6 rings (SSSR count). The van der Waals surface area contributed by atoms with Crippen LogP contribution in [0.2, 0.25) is 0 Å². The number of hydrogen-bond acceptors (Lipinski definition) is 6. The molecule has 1 saturated carbocycles. The third-order valence-corrected chi connectivity index (χ3v) is 9.76. The number of benzene rings is 2. The molecule has 8 heteroatoms. The van der Waals surface area contributed by atoms with Gasteiger partial charge in [-0.05, 0) is 80.0 Å². The summed E-state index contributed by atoms with van der Waals surface area (Å²) in [5, 5.41) is 13.8. The smallest absolute Gasteiger partial charge is 0.251 e. The van der Waals surface area contributed by atoms with Gasteiger partial charge in [0.05, 0.1) is 19.3 Å². The number of carbonyl (C=O) groups is 1. The number of rotatable bonds is 9. The van der Waals surface area contributed by atoms with Gasteiger partial charge >= 0.3 is 0 Å². The Morgan fingerprint density at radius 3 is 2.66 bits per heavy atom. The highest BCUT2D eigenvalue weighted by atomic mass is 16.5. The molecule has 3 fully saturated rings. The average molecular weight is 556 g/mol. The molecule has 3 aromatic rings. The van der Waals surface area contributed by atoms with Gasteiger partial charge in [-0.15, -0.1) is 0 Å². The number of aryl methyl sites for hydroxylation is 1. The Hall–Kier alpha value is -3.38. The molecule has 8 nitrogen and oxygen atoms in total. The van der Waals surface area contributed by atoms with Crippen LogP contribution >= 0.6 is 0 Å². The van der Waals surface area contributed by atoms with Gasteiger partial charge < -0.3 is 19.8 Å². The molecule has 3 heterocycles. The minimum absolute atomic E-state index is 0.0348. The lowest BCUT2D eigenvalue weighted by atomic mass is 9.56. The van der Waals surface area contributed by atoms with Crippen LogP contribution in [0.1, 0.15) is 58.8 Å². The fourth-order valence-corrected chi connectivity index (χ4v) is 7.27. The van der Waals surface area contributed by atoms with Crippen LogP contribution < -0.4 is 10.1 Å². The van der Waals surface area contributed by atoms with Crippen LogP contribution in [0.4, 0.5) is 0 Å². The number of methoxy groups -OCH3 is 2. The first kappa shape index (κ1) is 27.8. The number of nitriles is 1.